The molecule has 6 nitrogen and oxygen atoms in total. The normalized spacial score (nSPS) is 14.9. The number of pyridine rings is 1. The van der Waals surface area contributed by atoms with Gasteiger partial charge in [-0.2, -0.15) is 0 Å². The summed E-state index contributed by atoms with van der Waals surface area (Å²) < 4.78 is 0. The molecule has 0 bridgehead atoms. The van der Waals surface area contributed by atoms with Crippen LogP contribution >= 0.6 is 0 Å². The molecule has 0 amide bonds. The fourth-order valence-electron chi connectivity index (χ4n) is 4.13. The molecule has 156 valence electrons. The van der Waals surface area contributed by atoms with Crippen LogP contribution in [0.1, 0.15) is 24.8 Å². The van der Waals surface area contributed by atoms with Crippen LogP contribution in [0.4, 0.5) is 5.95 Å². The van der Waals surface area contributed by atoms with E-state index in [2.05, 4.69) is 57.7 Å². The summed E-state index contributed by atoms with van der Waals surface area (Å²) in [5.74, 6) is 0.581. The van der Waals surface area contributed by atoms with Crippen LogP contribution in [0, 0.1) is 0 Å². The van der Waals surface area contributed by atoms with Crippen LogP contribution in [0.5, 0.6) is 0 Å². The van der Waals surface area contributed by atoms with E-state index in [1.54, 1.807) is 0 Å². The standard InChI is InChI=1S/C25H25N5O/c26-25(11-4-12-25)20-9-7-18(8-10-20)22-21(17-5-2-1-3-6-17)15-19-16-28-24(27-13-14-31)30-23(19)29-22/h1-3,5-10,15-16,31H,4,11-14,26H2,(H,27,28,29,30)/p+1. The van der Waals surface area contributed by atoms with Gasteiger partial charge in [-0.1, -0.05) is 59.6 Å². The second-order valence-electron chi connectivity index (χ2n) is 8.15. The van der Waals surface area contributed by atoms with Gasteiger partial charge in [0.2, 0.25) is 5.65 Å². The second kappa shape index (κ2) is 8.06. The molecule has 5 rings (SSSR count). The van der Waals surface area contributed by atoms with E-state index in [1.165, 1.54) is 12.0 Å². The summed E-state index contributed by atoms with van der Waals surface area (Å²) in [6, 6.07) is 20.9. The molecule has 6 heteroatoms. The fourth-order valence-corrected chi connectivity index (χ4v) is 4.13. The Bertz CT molecular complexity index is 1200. The highest BCUT2D eigenvalue weighted by Crippen LogP contribution is 2.40. The van der Waals surface area contributed by atoms with Gasteiger partial charge in [0.1, 0.15) is 0 Å². The number of nitrogens with two attached hydrogens (primary N) is 1. The lowest BCUT2D eigenvalue weighted by atomic mass is 9.72. The number of rotatable bonds is 6. The van der Waals surface area contributed by atoms with Gasteiger partial charge in [-0.15, -0.1) is 0 Å². The topological polar surface area (TPSA) is 98.2 Å². The van der Waals surface area contributed by atoms with Gasteiger partial charge >= 0.3 is 5.95 Å². The SMILES string of the molecule is NC1(c2ccc(-c3nc4nc(NCCO)[nH+]cc4cc3-c3ccccc3)cc2)CCC1. The molecule has 2 aromatic carbocycles. The van der Waals surface area contributed by atoms with Crippen molar-refractivity contribution in [3.05, 3.63) is 72.4 Å². The largest absolute Gasteiger partial charge is 0.393 e. The van der Waals surface area contributed by atoms with Crippen LogP contribution in [0.3, 0.4) is 0 Å². The van der Waals surface area contributed by atoms with E-state index in [0.717, 1.165) is 40.6 Å². The van der Waals surface area contributed by atoms with E-state index < -0.39 is 0 Å². The third-order valence-corrected chi connectivity index (χ3v) is 6.08. The number of fused-ring (bicyclic) bond motifs is 1. The Kier molecular flexibility index (Phi) is 5.10. The number of H-pyrrole nitrogens is 1. The number of aromatic nitrogens is 3. The molecule has 0 spiro atoms. The van der Waals surface area contributed by atoms with E-state index in [1.807, 2.05) is 24.4 Å². The highest BCUT2D eigenvalue weighted by Gasteiger charge is 2.34. The first kappa shape index (κ1) is 19.6. The molecule has 5 N–H and O–H groups in total. The van der Waals surface area contributed by atoms with Crippen LogP contribution in [0.25, 0.3) is 33.4 Å². The van der Waals surface area contributed by atoms with Crippen molar-refractivity contribution in [3.63, 3.8) is 0 Å². The van der Waals surface area contributed by atoms with Crippen molar-refractivity contribution in [3.8, 4) is 22.4 Å². The minimum atomic E-state index is -0.178. The summed E-state index contributed by atoms with van der Waals surface area (Å²) >= 11 is 0. The lowest BCUT2D eigenvalue weighted by Gasteiger charge is -2.38. The number of aromatic amines is 1. The molecule has 0 atom stereocenters. The monoisotopic (exact) mass is 412 g/mol. The van der Waals surface area contributed by atoms with Crippen molar-refractivity contribution < 1.29 is 10.1 Å². The first-order valence-corrected chi connectivity index (χ1v) is 10.7. The molecule has 0 saturated heterocycles. The molecule has 2 heterocycles. The number of hydrogen-bond donors (Lipinski definition) is 3. The highest BCUT2D eigenvalue weighted by atomic mass is 16.3. The molecule has 4 aromatic rings. The average Bonchev–Trinajstić information content (AvgIpc) is 2.81. The van der Waals surface area contributed by atoms with Crippen LogP contribution in [-0.4, -0.2) is 28.2 Å². The number of nitrogens with one attached hydrogen (secondary N) is 2. The van der Waals surface area contributed by atoms with Gasteiger partial charge in [0.15, 0.2) is 0 Å². The minimum absolute atomic E-state index is 0.0359. The Hall–Kier alpha value is -3.35. The zero-order chi connectivity index (χ0) is 21.3. The average molecular weight is 413 g/mol. The Labute approximate surface area is 181 Å². The molecular weight excluding hydrogens is 386 g/mol. The van der Waals surface area contributed by atoms with Gasteiger partial charge in [-0.05, 0) is 36.5 Å². The van der Waals surface area contributed by atoms with Crippen LogP contribution in [-0.2, 0) is 5.54 Å². The molecule has 1 saturated carbocycles. The van der Waals surface area contributed by atoms with Crippen molar-refractivity contribution in [2.45, 2.75) is 24.8 Å². The van der Waals surface area contributed by atoms with Crippen molar-refractivity contribution >= 4 is 17.0 Å². The van der Waals surface area contributed by atoms with E-state index in [4.69, 9.17) is 15.8 Å². The van der Waals surface area contributed by atoms with E-state index in [-0.39, 0.29) is 12.1 Å². The molecule has 2 aromatic heterocycles. The zero-order valence-corrected chi connectivity index (χ0v) is 17.3. The molecular formula is C25H26N5O+. The van der Waals surface area contributed by atoms with Crippen molar-refractivity contribution in [2.24, 2.45) is 5.73 Å². The molecule has 1 fully saturated rings. The van der Waals surface area contributed by atoms with E-state index in [0.29, 0.717) is 18.1 Å². The Morgan fingerprint density at radius 1 is 1.00 bits per heavy atom. The third kappa shape index (κ3) is 3.76. The van der Waals surface area contributed by atoms with Crippen LogP contribution in [0.2, 0.25) is 0 Å². The summed E-state index contributed by atoms with van der Waals surface area (Å²) in [6.07, 6.45) is 5.17. The minimum Gasteiger partial charge on any atom is -0.393 e. The Balaban J connectivity index is 1.63. The van der Waals surface area contributed by atoms with Gasteiger partial charge in [0, 0.05) is 16.7 Å². The van der Waals surface area contributed by atoms with Gasteiger partial charge < -0.3 is 10.8 Å². The van der Waals surface area contributed by atoms with E-state index >= 15 is 0 Å². The molecule has 1 aliphatic rings. The van der Waals surface area contributed by atoms with Crippen molar-refractivity contribution in [1.82, 2.24) is 9.97 Å². The summed E-state index contributed by atoms with van der Waals surface area (Å²) in [5, 5.41) is 13.0. The number of hydrogen-bond acceptors (Lipinski definition) is 5. The number of benzene rings is 2. The quantitative estimate of drug-likeness (QED) is 0.450. The lowest BCUT2D eigenvalue weighted by Crippen LogP contribution is -2.43. The summed E-state index contributed by atoms with van der Waals surface area (Å²) in [5.41, 5.74) is 12.2. The van der Waals surface area contributed by atoms with Crippen LogP contribution < -0.4 is 16.0 Å². The molecule has 0 unspecified atom stereocenters. The fraction of sp³-hybridized carbons (Fsp3) is 0.240. The van der Waals surface area contributed by atoms with Gasteiger partial charge in [0.25, 0.3) is 0 Å². The maximum atomic E-state index is 9.07. The van der Waals surface area contributed by atoms with Crippen LogP contribution in [0.15, 0.2) is 66.9 Å². The predicted octanol–water partition coefficient (Wildman–Crippen LogP) is 3.52. The molecule has 1 aliphatic carbocycles. The lowest BCUT2D eigenvalue weighted by molar-refractivity contribution is -0.362. The summed E-state index contributed by atoms with van der Waals surface area (Å²) in [6.45, 7) is 0.459. The number of nitrogens with zero attached hydrogens (tertiary/aromatic N) is 2. The third-order valence-electron chi connectivity index (χ3n) is 6.08. The molecule has 0 aliphatic heterocycles. The van der Waals surface area contributed by atoms with Crippen molar-refractivity contribution in [2.75, 3.05) is 18.5 Å². The van der Waals surface area contributed by atoms with E-state index in [9.17, 15) is 0 Å². The Morgan fingerprint density at radius 3 is 2.45 bits per heavy atom. The maximum absolute atomic E-state index is 9.07. The summed E-state index contributed by atoms with van der Waals surface area (Å²) in [4.78, 5) is 12.7. The Morgan fingerprint density at radius 2 is 1.77 bits per heavy atom. The first-order chi connectivity index (χ1) is 15.2. The first-order valence-electron chi connectivity index (χ1n) is 10.7. The predicted molar refractivity (Wildman–Crippen MR) is 122 cm³/mol. The zero-order valence-electron chi connectivity index (χ0n) is 17.3. The van der Waals surface area contributed by atoms with Gasteiger partial charge in [-0.25, -0.2) is 9.97 Å². The number of aliphatic hydroxyl groups excluding tert-OH is 1. The van der Waals surface area contributed by atoms with Crippen molar-refractivity contribution in [1.29, 1.82) is 0 Å². The number of anilines is 1. The smallest absolute Gasteiger partial charge is 0.391 e. The highest BCUT2D eigenvalue weighted by molar-refractivity contribution is 5.89. The molecule has 0 radical (unpaired) electrons. The second-order valence-corrected chi connectivity index (χ2v) is 8.15. The van der Waals surface area contributed by atoms with Gasteiger partial charge in [-0.3, -0.25) is 5.32 Å². The molecule has 31 heavy (non-hydrogen) atoms. The summed E-state index contributed by atoms with van der Waals surface area (Å²) in [7, 11) is 0. The van der Waals surface area contributed by atoms with Gasteiger partial charge in [0.05, 0.1) is 30.4 Å². The number of aliphatic hydroxyl groups is 1. The maximum Gasteiger partial charge on any atom is 0.391 e.